The lowest BCUT2D eigenvalue weighted by atomic mass is 10.4. The molecule has 6 heteroatoms. The summed E-state index contributed by atoms with van der Waals surface area (Å²) in [5.74, 6) is 0.292. The lowest BCUT2D eigenvalue weighted by molar-refractivity contribution is -0.126. The molecule has 96 valence electrons. The zero-order chi connectivity index (χ0) is 12.4. The van der Waals surface area contributed by atoms with Gasteiger partial charge in [-0.25, -0.2) is 0 Å². The molecule has 0 radical (unpaired) electrons. The molecule has 2 rings (SSSR count). The van der Waals surface area contributed by atoms with Gasteiger partial charge in [0.1, 0.15) is 0 Å². The summed E-state index contributed by atoms with van der Waals surface area (Å²) >= 11 is 14.4. The molecule has 0 aromatic carbocycles. The summed E-state index contributed by atoms with van der Waals surface area (Å²) < 4.78 is 4.19. The average Bonchev–Trinajstić information content (AvgIpc) is 2.81. The summed E-state index contributed by atoms with van der Waals surface area (Å²) in [5.41, 5.74) is 0. The van der Waals surface area contributed by atoms with E-state index in [-0.39, 0.29) is 0 Å². The third-order valence-corrected chi connectivity index (χ3v) is 2.14. The summed E-state index contributed by atoms with van der Waals surface area (Å²) in [7, 11) is 1.84. The number of halogens is 3. The van der Waals surface area contributed by atoms with Crippen LogP contribution in [0.1, 0.15) is 25.7 Å². The van der Waals surface area contributed by atoms with Crippen LogP contribution in [0.5, 0.6) is 0 Å². The number of likely N-dealkylation sites (tertiary alicyclic amines) is 1. The average molecular weight is 291 g/mol. The van der Waals surface area contributed by atoms with Crippen LogP contribution < -0.4 is 0 Å². The largest absolute Gasteiger partial charge is 0.381 e. The Morgan fingerprint density at radius 1 is 1.19 bits per heavy atom. The van der Waals surface area contributed by atoms with Gasteiger partial charge in [-0.05, 0) is 19.3 Å². The Bertz CT molecular complexity index is 177. The molecule has 0 aromatic heterocycles. The van der Waals surface area contributed by atoms with Gasteiger partial charge in [-0.3, -0.25) is 4.79 Å². The summed E-state index contributed by atoms with van der Waals surface area (Å²) in [6, 6.07) is 0. The molecule has 0 atom stereocenters. The van der Waals surface area contributed by atoms with Gasteiger partial charge in [0, 0.05) is 33.2 Å². The van der Waals surface area contributed by atoms with Crippen LogP contribution in [0.25, 0.3) is 0 Å². The highest BCUT2D eigenvalue weighted by atomic mass is 35.6. The van der Waals surface area contributed by atoms with Crippen LogP contribution in [0.15, 0.2) is 0 Å². The molecule has 0 bridgehead atoms. The molecule has 2 aliphatic rings. The fraction of sp³-hybridized carbons (Fsp3) is 0.900. The van der Waals surface area contributed by atoms with Crippen molar-refractivity contribution >= 4 is 40.7 Å². The molecule has 1 amide bonds. The summed E-state index contributed by atoms with van der Waals surface area (Å²) in [5, 5.41) is 0. The molecule has 0 spiro atoms. The van der Waals surface area contributed by atoms with Crippen molar-refractivity contribution in [2.24, 2.45) is 0 Å². The van der Waals surface area contributed by atoms with Crippen LogP contribution >= 0.6 is 34.8 Å². The number of carbonyl (C=O) groups excluding carboxylic acids is 1. The minimum Gasteiger partial charge on any atom is -0.381 e. The van der Waals surface area contributed by atoms with Gasteiger partial charge in [-0.1, -0.05) is 34.8 Å². The third-order valence-electron chi connectivity index (χ3n) is 2.14. The summed E-state index contributed by atoms with van der Waals surface area (Å²) in [6.45, 7) is 2.96. The summed E-state index contributed by atoms with van der Waals surface area (Å²) in [6.07, 6.45) is 4.37. The molecule has 2 aliphatic heterocycles. The van der Waals surface area contributed by atoms with Crippen LogP contribution in [0, 0.1) is 0 Å². The van der Waals surface area contributed by atoms with Crippen molar-refractivity contribution in [1.29, 1.82) is 0 Å². The van der Waals surface area contributed by atoms with Crippen LogP contribution in [-0.4, -0.2) is 41.9 Å². The maximum Gasteiger partial charge on any atom is 0.222 e. The fourth-order valence-electron chi connectivity index (χ4n) is 1.29. The topological polar surface area (TPSA) is 29.5 Å². The van der Waals surface area contributed by atoms with Crippen molar-refractivity contribution in [3.8, 4) is 0 Å². The first kappa shape index (κ1) is 16.3. The van der Waals surface area contributed by atoms with Gasteiger partial charge >= 0.3 is 0 Å². The fourth-order valence-corrected chi connectivity index (χ4v) is 1.29. The van der Waals surface area contributed by atoms with Crippen LogP contribution in [-0.2, 0) is 9.53 Å². The lowest BCUT2D eigenvalue weighted by Crippen LogP contribution is -2.17. The van der Waals surface area contributed by atoms with Crippen molar-refractivity contribution in [3.05, 3.63) is 0 Å². The van der Waals surface area contributed by atoms with Gasteiger partial charge in [-0.2, -0.15) is 0 Å². The second-order valence-corrected chi connectivity index (χ2v) is 5.47. The van der Waals surface area contributed by atoms with E-state index in [1.165, 1.54) is 12.8 Å². The van der Waals surface area contributed by atoms with Crippen molar-refractivity contribution in [1.82, 2.24) is 4.90 Å². The van der Waals surface area contributed by atoms with E-state index in [0.717, 1.165) is 32.6 Å². The molecule has 2 saturated heterocycles. The molecule has 0 aliphatic carbocycles. The smallest absolute Gasteiger partial charge is 0.222 e. The van der Waals surface area contributed by atoms with Crippen molar-refractivity contribution in [3.63, 3.8) is 0 Å². The first-order valence-electron chi connectivity index (χ1n) is 5.28. The van der Waals surface area contributed by atoms with Gasteiger partial charge in [0.2, 0.25) is 5.91 Å². The summed E-state index contributed by atoms with van der Waals surface area (Å²) in [4.78, 5) is 12.3. The van der Waals surface area contributed by atoms with E-state index < -0.39 is 4.30 Å². The zero-order valence-electron chi connectivity index (χ0n) is 9.42. The molecule has 16 heavy (non-hydrogen) atoms. The quantitative estimate of drug-likeness (QED) is 0.642. The molecular weight excluding hydrogens is 272 g/mol. The molecule has 0 saturated carbocycles. The van der Waals surface area contributed by atoms with Gasteiger partial charge in [0.25, 0.3) is 0 Å². The second kappa shape index (κ2) is 10.5. The molecule has 2 heterocycles. The van der Waals surface area contributed by atoms with Gasteiger partial charge in [0.05, 0.1) is 0 Å². The Morgan fingerprint density at radius 3 is 1.81 bits per heavy atom. The van der Waals surface area contributed by atoms with E-state index in [4.69, 9.17) is 39.5 Å². The first-order valence-corrected chi connectivity index (χ1v) is 6.59. The van der Waals surface area contributed by atoms with E-state index in [1.54, 1.807) is 4.90 Å². The minimum absolute atomic E-state index is 0.292. The highest BCUT2D eigenvalue weighted by Gasteiger charge is 2.14. The number of hydrogen-bond acceptors (Lipinski definition) is 2. The second-order valence-electron chi connectivity index (χ2n) is 3.49. The van der Waals surface area contributed by atoms with E-state index in [9.17, 15) is 4.79 Å². The van der Waals surface area contributed by atoms with E-state index >= 15 is 0 Å². The Hall–Kier alpha value is 0.300. The predicted molar refractivity (Wildman–Crippen MR) is 68.3 cm³/mol. The molecule has 0 unspecified atom stereocenters. The maximum absolute atomic E-state index is 10.5. The SMILES string of the molecule is C1CCOC1.CN1CCCC1=O.ClC(Cl)Cl. The van der Waals surface area contributed by atoms with Crippen molar-refractivity contribution in [2.45, 2.75) is 30.0 Å². The molecular formula is C10H18Cl3NO2. The number of ether oxygens (including phenoxy) is 1. The Kier molecular flexibility index (Phi) is 10.6. The van der Waals surface area contributed by atoms with Gasteiger partial charge in [-0.15, -0.1) is 0 Å². The Balaban J connectivity index is 0.000000222. The van der Waals surface area contributed by atoms with Crippen molar-refractivity contribution in [2.75, 3.05) is 26.8 Å². The molecule has 3 nitrogen and oxygen atoms in total. The van der Waals surface area contributed by atoms with Gasteiger partial charge in [0.15, 0.2) is 4.30 Å². The third kappa shape index (κ3) is 10.8. The number of alkyl halides is 3. The number of amides is 1. The van der Waals surface area contributed by atoms with Crippen molar-refractivity contribution < 1.29 is 9.53 Å². The molecule has 0 aromatic rings. The molecule has 0 N–H and O–H groups in total. The number of nitrogens with zero attached hydrogens (tertiary/aromatic N) is 1. The number of rotatable bonds is 0. The minimum atomic E-state index is -0.750. The van der Waals surface area contributed by atoms with E-state index in [2.05, 4.69) is 0 Å². The van der Waals surface area contributed by atoms with Crippen LogP contribution in [0.2, 0.25) is 0 Å². The number of hydrogen-bond donors (Lipinski definition) is 0. The lowest BCUT2D eigenvalue weighted by Gasteiger charge is -2.03. The van der Waals surface area contributed by atoms with Crippen LogP contribution in [0.4, 0.5) is 0 Å². The number of carbonyl (C=O) groups is 1. The monoisotopic (exact) mass is 289 g/mol. The van der Waals surface area contributed by atoms with E-state index in [1.807, 2.05) is 7.05 Å². The normalized spacial score (nSPS) is 19.1. The van der Waals surface area contributed by atoms with Gasteiger partial charge < -0.3 is 9.64 Å². The standard InChI is InChI=1S/C5H9NO.C4H8O.CHCl3/c1-6-4-2-3-5(6)7;1-2-4-5-3-1;2-1(3)4/h2-4H2,1H3;1-4H2;1H. The van der Waals surface area contributed by atoms with E-state index in [0.29, 0.717) is 5.91 Å². The highest BCUT2D eigenvalue weighted by molar-refractivity contribution is 6.63. The predicted octanol–water partition coefficient (Wildman–Crippen LogP) is 3.02. The zero-order valence-corrected chi connectivity index (χ0v) is 11.7. The molecule has 2 fully saturated rings. The maximum atomic E-state index is 10.5. The Labute approximate surface area is 112 Å². The highest BCUT2D eigenvalue weighted by Crippen LogP contribution is 2.05. The Morgan fingerprint density at radius 2 is 1.69 bits per heavy atom. The first-order chi connectivity index (χ1) is 7.54. The van der Waals surface area contributed by atoms with Crippen LogP contribution in [0.3, 0.4) is 0 Å².